The van der Waals surface area contributed by atoms with Crippen LogP contribution in [0.25, 0.3) is 0 Å². The molecule has 1 N–H and O–H groups in total. The Hall–Kier alpha value is -1.13. The molecule has 0 aliphatic rings. The second-order valence-electron chi connectivity index (χ2n) is 4.02. The number of nitrogens with one attached hydrogen (secondary N) is 1. The number of aryl methyl sites for hydroxylation is 1. The fraction of sp³-hybridized carbons (Fsp3) is 0.333. The van der Waals surface area contributed by atoms with Gasteiger partial charge in [-0.25, -0.2) is 0 Å². The number of hydrogen-bond acceptors (Lipinski definition) is 4. The topological polar surface area (TPSA) is 37.8 Å². The van der Waals surface area contributed by atoms with Crippen LogP contribution in [0.1, 0.15) is 22.3 Å². The molecule has 0 saturated heterocycles. The van der Waals surface area contributed by atoms with E-state index in [1.807, 2.05) is 13.8 Å². The van der Waals surface area contributed by atoms with E-state index in [0.29, 0.717) is 5.15 Å². The van der Waals surface area contributed by atoms with Gasteiger partial charge in [0, 0.05) is 6.54 Å². The molecule has 17 heavy (non-hydrogen) atoms. The van der Waals surface area contributed by atoms with Crippen LogP contribution in [0.15, 0.2) is 10.8 Å². The standard InChI is InChI=1S/C12H14ClN3S/c1-7-5-17-6-10(7)4-14-12-9(3)8(2)11(13)15-16-12/h5-6H,4H2,1-3H3,(H,14,16). The van der Waals surface area contributed by atoms with Crippen LogP contribution >= 0.6 is 22.9 Å². The van der Waals surface area contributed by atoms with Gasteiger partial charge >= 0.3 is 0 Å². The number of aromatic nitrogens is 2. The molecule has 90 valence electrons. The summed E-state index contributed by atoms with van der Waals surface area (Å²) in [4.78, 5) is 0. The lowest BCUT2D eigenvalue weighted by Gasteiger charge is -2.10. The third-order valence-corrected chi connectivity index (χ3v) is 4.14. The lowest BCUT2D eigenvalue weighted by Crippen LogP contribution is -2.06. The molecule has 0 unspecified atom stereocenters. The summed E-state index contributed by atoms with van der Waals surface area (Å²) in [6.45, 7) is 6.83. The Morgan fingerprint density at radius 1 is 1.18 bits per heavy atom. The minimum absolute atomic E-state index is 0.472. The minimum Gasteiger partial charge on any atom is -0.364 e. The van der Waals surface area contributed by atoms with E-state index in [-0.39, 0.29) is 0 Å². The van der Waals surface area contributed by atoms with Gasteiger partial charge in [0.25, 0.3) is 0 Å². The van der Waals surface area contributed by atoms with E-state index in [1.165, 1.54) is 11.1 Å². The van der Waals surface area contributed by atoms with Gasteiger partial charge in [-0.2, -0.15) is 11.3 Å². The van der Waals surface area contributed by atoms with Crippen LogP contribution in [0, 0.1) is 20.8 Å². The molecular formula is C12H14ClN3S. The van der Waals surface area contributed by atoms with Gasteiger partial charge in [0.2, 0.25) is 0 Å². The van der Waals surface area contributed by atoms with Gasteiger partial charge < -0.3 is 5.32 Å². The van der Waals surface area contributed by atoms with Crippen LogP contribution in [0.4, 0.5) is 5.82 Å². The third-order valence-electron chi connectivity index (χ3n) is 2.87. The summed E-state index contributed by atoms with van der Waals surface area (Å²) in [6, 6.07) is 0. The largest absolute Gasteiger partial charge is 0.364 e. The van der Waals surface area contributed by atoms with Crippen molar-refractivity contribution in [3.63, 3.8) is 0 Å². The van der Waals surface area contributed by atoms with E-state index in [9.17, 15) is 0 Å². The molecule has 2 heterocycles. The number of halogens is 1. The van der Waals surface area contributed by atoms with Crippen LogP contribution in [0.3, 0.4) is 0 Å². The summed E-state index contributed by atoms with van der Waals surface area (Å²) < 4.78 is 0. The molecule has 0 saturated carbocycles. The Morgan fingerprint density at radius 2 is 1.94 bits per heavy atom. The molecule has 5 heteroatoms. The number of hydrogen-bond donors (Lipinski definition) is 1. The zero-order chi connectivity index (χ0) is 12.4. The van der Waals surface area contributed by atoms with E-state index in [0.717, 1.165) is 23.5 Å². The maximum absolute atomic E-state index is 5.91. The van der Waals surface area contributed by atoms with Crippen LogP contribution < -0.4 is 5.32 Å². The van der Waals surface area contributed by atoms with Crippen molar-refractivity contribution in [3.05, 3.63) is 38.2 Å². The van der Waals surface area contributed by atoms with Gasteiger partial charge in [-0.3, -0.25) is 0 Å². The van der Waals surface area contributed by atoms with Crippen LogP contribution in [0.5, 0.6) is 0 Å². The van der Waals surface area contributed by atoms with E-state index < -0.39 is 0 Å². The van der Waals surface area contributed by atoms with Crippen molar-refractivity contribution >= 4 is 28.8 Å². The Morgan fingerprint density at radius 3 is 2.59 bits per heavy atom. The van der Waals surface area contributed by atoms with Crippen molar-refractivity contribution in [2.24, 2.45) is 0 Å². The van der Waals surface area contributed by atoms with Gasteiger partial charge in [0.1, 0.15) is 0 Å². The minimum atomic E-state index is 0.472. The smallest absolute Gasteiger partial charge is 0.155 e. The van der Waals surface area contributed by atoms with Gasteiger partial charge in [-0.1, -0.05) is 11.6 Å². The molecule has 0 amide bonds. The fourth-order valence-electron chi connectivity index (χ4n) is 1.49. The van der Waals surface area contributed by atoms with Crippen molar-refractivity contribution in [3.8, 4) is 0 Å². The maximum Gasteiger partial charge on any atom is 0.155 e. The number of thiophene rings is 1. The molecule has 2 aromatic heterocycles. The first-order valence-electron chi connectivity index (χ1n) is 5.34. The molecule has 0 radical (unpaired) electrons. The molecule has 3 nitrogen and oxygen atoms in total. The summed E-state index contributed by atoms with van der Waals surface area (Å²) in [5, 5.41) is 16.1. The third kappa shape index (κ3) is 2.58. The van der Waals surface area contributed by atoms with E-state index in [4.69, 9.17) is 11.6 Å². The lowest BCUT2D eigenvalue weighted by molar-refractivity contribution is 0.970. The second kappa shape index (κ2) is 5.02. The summed E-state index contributed by atoms with van der Waals surface area (Å²) in [5.74, 6) is 0.803. The zero-order valence-electron chi connectivity index (χ0n) is 10.0. The van der Waals surface area contributed by atoms with Gasteiger partial charge in [-0.05, 0) is 53.8 Å². The average molecular weight is 268 g/mol. The van der Waals surface area contributed by atoms with E-state index >= 15 is 0 Å². The molecule has 0 aromatic carbocycles. The Kier molecular flexibility index (Phi) is 3.64. The van der Waals surface area contributed by atoms with Crippen LogP contribution in [-0.4, -0.2) is 10.2 Å². The highest BCUT2D eigenvalue weighted by Crippen LogP contribution is 2.22. The summed E-state index contributed by atoms with van der Waals surface area (Å²) >= 11 is 7.63. The Balaban J connectivity index is 2.15. The summed E-state index contributed by atoms with van der Waals surface area (Å²) in [5.41, 5.74) is 4.63. The van der Waals surface area contributed by atoms with Crippen molar-refractivity contribution < 1.29 is 0 Å². The van der Waals surface area contributed by atoms with E-state index in [1.54, 1.807) is 11.3 Å². The van der Waals surface area contributed by atoms with Crippen LogP contribution in [-0.2, 0) is 6.54 Å². The van der Waals surface area contributed by atoms with Crippen molar-refractivity contribution in [2.75, 3.05) is 5.32 Å². The number of anilines is 1. The van der Waals surface area contributed by atoms with Gasteiger partial charge in [-0.15, -0.1) is 10.2 Å². The average Bonchev–Trinajstić information content (AvgIpc) is 2.71. The van der Waals surface area contributed by atoms with Crippen molar-refractivity contribution in [1.29, 1.82) is 0 Å². The first-order valence-corrected chi connectivity index (χ1v) is 6.66. The molecular weight excluding hydrogens is 254 g/mol. The second-order valence-corrected chi connectivity index (χ2v) is 5.12. The summed E-state index contributed by atoms with van der Waals surface area (Å²) in [7, 11) is 0. The van der Waals surface area contributed by atoms with Crippen molar-refractivity contribution in [1.82, 2.24) is 10.2 Å². The fourth-order valence-corrected chi connectivity index (χ4v) is 2.53. The quantitative estimate of drug-likeness (QED) is 0.921. The normalized spacial score (nSPS) is 10.6. The molecule has 2 aromatic rings. The molecule has 2 rings (SSSR count). The van der Waals surface area contributed by atoms with Crippen molar-refractivity contribution in [2.45, 2.75) is 27.3 Å². The molecule has 0 fully saturated rings. The van der Waals surface area contributed by atoms with Crippen LogP contribution in [0.2, 0.25) is 5.15 Å². The highest BCUT2D eigenvalue weighted by atomic mass is 35.5. The monoisotopic (exact) mass is 267 g/mol. The Labute approximate surface area is 110 Å². The first kappa shape index (κ1) is 12.3. The number of rotatable bonds is 3. The highest BCUT2D eigenvalue weighted by molar-refractivity contribution is 7.08. The first-order chi connectivity index (χ1) is 8.09. The molecule has 0 bridgehead atoms. The number of nitrogens with zero attached hydrogens (tertiary/aromatic N) is 2. The van der Waals surface area contributed by atoms with Gasteiger partial charge in [0.05, 0.1) is 0 Å². The SMILES string of the molecule is Cc1cscc1CNc1nnc(Cl)c(C)c1C. The highest BCUT2D eigenvalue weighted by Gasteiger charge is 2.08. The molecule has 0 aliphatic heterocycles. The molecule has 0 spiro atoms. The Bertz CT molecular complexity index is 537. The molecule has 0 atom stereocenters. The predicted octanol–water partition coefficient (Wildman–Crippen LogP) is 3.73. The maximum atomic E-state index is 5.91. The summed E-state index contributed by atoms with van der Waals surface area (Å²) in [6.07, 6.45) is 0. The van der Waals surface area contributed by atoms with E-state index in [2.05, 4.69) is 33.2 Å². The predicted molar refractivity (Wildman–Crippen MR) is 72.9 cm³/mol. The van der Waals surface area contributed by atoms with Gasteiger partial charge in [0.15, 0.2) is 11.0 Å². The molecule has 0 aliphatic carbocycles. The lowest BCUT2D eigenvalue weighted by atomic mass is 10.2. The zero-order valence-corrected chi connectivity index (χ0v) is 11.6.